The van der Waals surface area contributed by atoms with Crippen molar-refractivity contribution in [2.24, 2.45) is 0 Å². The maximum absolute atomic E-state index is 12.7. The maximum Gasteiger partial charge on any atom is 0.257 e. The summed E-state index contributed by atoms with van der Waals surface area (Å²) in [6.45, 7) is 0.269. The lowest BCUT2D eigenvalue weighted by Crippen LogP contribution is -2.26. The van der Waals surface area contributed by atoms with E-state index in [-0.39, 0.29) is 17.3 Å². The number of carbonyl (C=O) groups excluding carboxylic acids is 1. The number of sulfonamides is 1. The molecule has 8 heteroatoms. The molecule has 0 unspecified atom stereocenters. The number of halogens is 1. The van der Waals surface area contributed by atoms with E-state index in [4.69, 9.17) is 11.6 Å². The molecule has 3 rings (SSSR count). The van der Waals surface area contributed by atoms with E-state index >= 15 is 0 Å². The summed E-state index contributed by atoms with van der Waals surface area (Å²) in [5.74, 6) is -0.360. The molecule has 0 aliphatic heterocycles. The van der Waals surface area contributed by atoms with Gasteiger partial charge in [0, 0.05) is 25.5 Å². The third kappa shape index (κ3) is 4.75. The summed E-state index contributed by atoms with van der Waals surface area (Å²) >= 11 is 5.71. The molecule has 28 heavy (non-hydrogen) atoms. The van der Waals surface area contributed by atoms with Crippen LogP contribution < -0.4 is 5.32 Å². The predicted molar refractivity (Wildman–Crippen MR) is 109 cm³/mol. The fourth-order valence-electron chi connectivity index (χ4n) is 2.53. The first-order chi connectivity index (χ1) is 13.4. The van der Waals surface area contributed by atoms with Crippen LogP contribution in [0.3, 0.4) is 0 Å². The Morgan fingerprint density at radius 2 is 1.71 bits per heavy atom. The number of rotatable bonds is 6. The average Bonchev–Trinajstić information content (AvgIpc) is 2.69. The molecule has 0 bridgehead atoms. The number of hydrogen-bond acceptors (Lipinski definition) is 4. The zero-order valence-electron chi connectivity index (χ0n) is 15.0. The number of carbonyl (C=O) groups is 1. The molecule has 0 saturated heterocycles. The predicted octanol–water partition coefficient (Wildman–Crippen LogP) is 3.81. The molecule has 0 spiro atoms. The molecule has 0 saturated carbocycles. The Bertz CT molecular complexity index is 1050. The van der Waals surface area contributed by atoms with E-state index in [0.717, 1.165) is 5.56 Å². The van der Waals surface area contributed by atoms with Crippen molar-refractivity contribution in [2.45, 2.75) is 11.4 Å². The van der Waals surface area contributed by atoms with Crippen molar-refractivity contribution < 1.29 is 13.2 Å². The quantitative estimate of drug-likeness (QED) is 0.621. The van der Waals surface area contributed by atoms with Gasteiger partial charge in [-0.25, -0.2) is 13.4 Å². The second-order valence-corrected chi connectivity index (χ2v) is 8.53. The summed E-state index contributed by atoms with van der Waals surface area (Å²) in [5, 5.41) is 2.99. The molecule has 0 aliphatic rings. The topological polar surface area (TPSA) is 79.4 Å². The van der Waals surface area contributed by atoms with Crippen LogP contribution in [0.4, 0.5) is 5.69 Å². The van der Waals surface area contributed by atoms with Crippen LogP contribution in [0.2, 0.25) is 5.15 Å². The highest BCUT2D eigenvalue weighted by atomic mass is 35.5. The van der Waals surface area contributed by atoms with Crippen LogP contribution in [0.25, 0.3) is 0 Å². The molecule has 3 aromatic rings. The van der Waals surface area contributed by atoms with Crippen molar-refractivity contribution in [3.05, 3.63) is 89.2 Å². The lowest BCUT2D eigenvalue weighted by molar-refractivity contribution is 0.102. The molecule has 1 aromatic heterocycles. The van der Waals surface area contributed by atoms with Gasteiger partial charge in [-0.3, -0.25) is 4.79 Å². The maximum atomic E-state index is 12.7. The fraction of sp³-hybridized carbons (Fsp3) is 0.100. The Morgan fingerprint density at radius 3 is 2.32 bits per heavy atom. The molecule has 144 valence electrons. The second-order valence-electron chi connectivity index (χ2n) is 6.09. The molecule has 1 amide bonds. The SMILES string of the molecule is CN(Cc1ccccc1)S(=O)(=O)c1ccc(NC(=O)c2ccc(Cl)nc2)cc1. The Kier molecular flexibility index (Phi) is 6.08. The van der Waals surface area contributed by atoms with Gasteiger partial charge in [0.25, 0.3) is 5.91 Å². The summed E-state index contributed by atoms with van der Waals surface area (Å²) in [7, 11) is -2.11. The lowest BCUT2D eigenvalue weighted by Gasteiger charge is -2.17. The van der Waals surface area contributed by atoms with E-state index in [1.54, 1.807) is 18.2 Å². The van der Waals surface area contributed by atoms with Crippen LogP contribution in [0.15, 0.2) is 77.8 Å². The molecule has 0 radical (unpaired) electrons. The van der Waals surface area contributed by atoms with Crippen LogP contribution in [0.1, 0.15) is 15.9 Å². The number of hydrogen-bond donors (Lipinski definition) is 1. The number of nitrogens with zero attached hydrogens (tertiary/aromatic N) is 2. The molecule has 1 N–H and O–H groups in total. The van der Waals surface area contributed by atoms with Gasteiger partial charge in [0.1, 0.15) is 5.15 Å². The van der Waals surface area contributed by atoms with Gasteiger partial charge in [0.15, 0.2) is 0 Å². The van der Waals surface area contributed by atoms with Gasteiger partial charge >= 0.3 is 0 Å². The Morgan fingerprint density at radius 1 is 1.04 bits per heavy atom. The monoisotopic (exact) mass is 415 g/mol. The molecular formula is C20H18ClN3O3S. The van der Waals surface area contributed by atoms with E-state index in [0.29, 0.717) is 16.4 Å². The second kappa shape index (κ2) is 8.52. The Labute approximate surface area is 168 Å². The van der Waals surface area contributed by atoms with Gasteiger partial charge in [0.05, 0.1) is 10.5 Å². The van der Waals surface area contributed by atoms with E-state index in [1.807, 2.05) is 30.3 Å². The standard InChI is InChI=1S/C20H18ClN3O3S/c1-24(14-15-5-3-2-4-6-15)28(26,27)18-10-8-17(9-11-18)23-20(25)16-7-12-19(21)22-13-16/h2-13H,14H2,1H3,(H,23,25). The average molecular weight is 416 g/mol. The molecule has 1 heterocycles. The minimum atomic E-state index is -3.64. The highest BCUT2D eigenvalue weighted by Gasteiger charge is 2.21. The lowest BCUT2D eigenvalue weighted by atomic mass is 10.2. The normalized spacial score (nSPS) is 11.4. The number of amides is 1. The molecule has 0 atom stereocenters. The van der Waals surface area contributed by atoms with Crippen LogP contribution in [-0.2, 0) is 16.6 Å². The first-order valence-corrected chi connectivity index (χ1v) is 10.2. The number of benzene rings is 2. The molecule has 0 aliphatic carbocycles. The summed E-state index contributed by atoms with van der Waals surface area (Å²) in [6.07, 6.45) is 1.37. The van der Waals surface area contributed by atoms with Gasteiger partial charge < -0.3 is 5.32 Å². The summed E-state index contributed by atoms with van der Waals surface area (Å²) in [5.41, 5.74) is 1.72. The van der Waals surface area contributed by atoms with Crippen molar-refractivity contribution in [1.82, 2.24) is 9.29 Å². The zero-order valence-corrected chi connectivity index (χ0v) is 16.6. The van der Waals surface area contributed by atoms with E-state index in [9.17, 15) is 13.2 Å². The molecule has 2 aromatic carbocycles. The van der Waals surface area contributed by atoms with E-state index < -0.39 is 10.0 Å². The minimum absolute atomic E-state index is 0.150. The summed E-state index contributed by atoms with van der Waals surface area (Å²) in [4.78, 5) is 16.2. The van der Waals surface area contributed by atoms with Gasteiger partial charge in [-0.05, 0) is 42.0 Å². The van der Waals surface area contributed by atoms with Gasteiger partial charge in [-0.1, -0.05) is 41.9 Å². The van der Waals surface area contributed by atoms with Gasteiger partial charge in [-0.15, -0.1) is 0 Å². The van der Waals surface area contributed by atoms with Crippen molar-refractivity contribution in [1.29, 1.82) is 0 Å². The van der Waals surface area contributed by atoms with Crippen molar-refractivity contribution >= 4 is 33.2 Å². The number of aromatic nitrogens is 1. The highest BCUT2D eigenvalue weighted by molar-refractivity contribution is 7.89. The first kappa shape index (κ1) is 20.0. The summed E-state index contributed by atoms with van der Waals surface area (Å²) in [6, 6.07) is 18.5. The Balaban J connectivity index is 1.70. The zero-order chi connectivity index (χ0) is 20.1. The van der Waals surface area contributed by atoms with E-state index in [2.05, 4.69) is 10.3 Å². The number of pyridine rings is 1. The third-order valence-corrected chi connectivity index (χ3v) is 6.10. The van der Waals surface area contributed by atoms with E-state index in [1.165, 1.54) is 35.7 Å². The number of nitrogens with one attached hydrogen (secondary N) is 1. The van der Waals surface area contributed by atoms with Gasteiger partial charge in [-0.2, -0.15) is 4.31 Å². The van der Waals surface area contributed by atoms with Crippen LogP contribution in [-0.4, -0.2) is 30.7 Å². The molecular weight excluding hydrogens is 398 g/mol. The minimum Gasteiger partial charge on any atom is -0.322 e. The van der Waals surface area contributed by atoms with Crippen LogP contribution in [0, 0.1) is 0 Å². The largest absolute Gasteiger partial charge is 0.322 e. The third-order valence-electron chi connectivity index (χ3n) is 4.06. The van der Waals surface area contributed by atoms with Crippen molar-refractivity contribution in [3.63, 3.8) is 0 Å². The van der Waals surface area contributed by atoms with Gasteiger partial charge in [0.2, 0.25) is 10.0 Å². The highest BCUT2D eigenvalue weighted by Crippen LogP contribution is 2.20. The van der Waals surface area contributed by atoms with Crippen LogP contribution >= 0.6 is 11.6 Å². The Hall–Kier alpha value is -2.74. The molecule has 6 nitrogen and oxygen atoms in total. The fourth-order valence-corrected chi connectivity index (χ4v) is 3.80. The smallest absolute Gasteiger partial charge is 0.257 e. The molecule has 0 fully saturated rings. The summed E-state index contributed by atoms with van der Waals surface area (Å²) < 4.78 is 26.8. The van der Waals surface area contributed by atoms with Crippen LogP contribution in [0.5, 0.6) is 0 Å². The van der Waals surface area contributed by atoms with Crippen molar-refractivity contribution in [3.8, 4) is 0 Å². The van der Waals surface area contributed by atoms with Crippen molar-refractivity contribution in [2.75, 3.05) is 12.4 Å². The first-order valence-electron chi connectivity index (χ1n) is 8.39. The number of anilines is 1.